The minimum atomic E-state index is -0.0141. The summed E-state index contributed by atoms with van der Waals surface area (Å²) in [5.74, 6) is 0.397. The van der Waals surface area contributed by atoms with Gasteiger partial charge in [-0.1, -0.05) is 105 Å². The van der Waals surface area contributed by atoms with Crippen molar-refractivity contribution in [2.75, 3.05) is 6.61 Å². The second kappa shape index (κ2) is 15.7. The van der Waals surface area contributed by atoms with Gasteiger partial charge in [0.2, 0.25) is 0 Å². The number of carbonyl (C=O) groups excluding carboxylic acids is 1. The molecule has 2 heteroatoms. The highest BCUT2D eigenvalue weighted by Gasteiger charge is 2.18. The van der Waals surface area contributed by atoms with Crippen molar-refractivity contribution in [2.45, 2.75) is 125 Å². The molecule has 0 aromatic rings. The van der Waals surface area contributed by atoms with Gasteiger partial charge in [0, 0.05) is 6.42 Å². The number of hydrogen-bond acceptors (Lipinski definition) is 2. The summed E-state index contributed by atoms with van der Waals surface area (Å²) in [6, 6.07) is 0. The second-order valence-electron chi connectivity index (χ2n) is 9.18. The van der Waals surface area contributed by atoms with Gasteiger partial charge in [-0.2, -0.15) is 0 Å². The average Bonchev–Trinajstić information content (AvgIpc) is 2.49. The van der Waals surface area contributed by atoms with E-state index in [0.29, 0.717) is 18.9 Å². The van der Waals surface area contributed by atoms with Gasteiger partial charge in [0.25, 0.3) is 0 Å². The number of rotatable bonds is 16. The van der Waals surface area contributed by atoms with E-state index in [2.05, 4.69) is 34.6 Å². The molecule has 1 atom stereocenters. The molecule has 0 aliphatic heterocycles. The second-order valence-corrected chi connectivity index (χ2v) is 9.18. The molecule has 0 aliphatic carbocycles. The lowest BCUT2D eigenvalue weighted by Gasteiger charge is -2.22. The Bertz CT molecular complexity index is 304. The largest absolute Gasteiger partial charge is 0.466 e. The molecule has 0 N–H and O–H groups in total. The lowest BCUT2D eigenvalue weighted by atomic mass is 9.84. The van der Waals surface area contributed by atoms with Crippen molar-refractivity contribution in [3.05, 3.63) is 0 Å². The summed E-state index contributed by atoms with van der Waals surface area (Å²) in [6.07, 6.45) is 17.7. The Balaban J connectivity index is 3.31. The van der Waals surface area contributed by atoms with E-state index in [9.17, 15) is 4.79 Å². The van der Waals surface area contributed by atoms with Crippen LogP contribution in [0.15, 0.2) is 0 Å². The Kier molecular flexibility index (Phi) is 15.4. The minimum Gasteiger partial charge on any atom is -0.466 e. The third kappa shape index (κ3) is 19.6. The molecule has 25 heavy (non-hydrogen) atoms. The van der Waals surface area contributed by atoms with E-state index < -0.39 is 0 Å². The van der Waals surface area contributed by atoms with E-state index in [-0.39, 0.29) is 11.4 Å². The normalized spacial score (nSPS) is 13.0. The Labute approximate surface area is 158 Å². The molecule has 0 fully saturated rings. The zero-order chi connectivity index (χ0) is 19.0. The molecule has 1 unspecified atom stereocenters. The van der Waals surface area contributed by atoms with Crippen LogP contribution in [-0.4, -0.2) is 12.6 Å². The topological polar surface area (TPSA) is 26.3 Å². The molecular formula is C23H46O2. The maximum atomic E-state index is 11.8. The Hall–Kier alpha value is -0.530. The summed E-state index contributed by atoms with van der Waals surface area (Å²) in [5, 5.41) is 0. The fraction of sp³-hybridized carbons (Fsp3) is 0.957. The van der Waals surface area contributed by atoms with Gasteiger partial charge in [-0.3, -0.25) is 4.79 Å². The van der Waals surface area contributed by atoms with E-state index in [1.807, 2.05) is 0 Å². The van der Waals surface area contributed by atoms with Gasteiger partial charge in [-0.15, -0.1) is 0 Å². The predicted molar refractivity (Wildman–Crippen MR) is 110 cm³/mol. The van der Waals surface area contributed by atoms with Crippen molar-refractivity contribution in [3.63, 3.8) is 0 Å². The summed E-state index contributed by atoms with van der Waals surface area (Å²) in [4.78, 5) is 11.8. The first-order valence-corrected chi connectivity index (χ1v) is 11.0. The van der Waals surface area contributed by atoms with E-state index in [1.165, 1.54) is 70.6 Å². The van der Waals surface area contributed by atoms with Gasteiger partial charge in [0.1, 0.15) is 0 Å². The van der Waals surface area contributed by atoms with E-state index in [0.717, 1.165) is 12.8 Å². The first-order valence-electron chi connectivity index (χ1n) is 11.0. The third-order valence-electron chi connectivity index (χ3n) is 4.74. The summed E-state index contributed by atoms with van der Waals surface area (Å²) < 4.78 is 5.38. The molecule has 0 aromatic heterocycles. The first kappa shape index (κ1) is 24.5. The SMILES string of the molecule is CCCCCCCCCCCCCCOC(=O)CC(C)CC(C)(C)C. The molecule has 0 saturated carbocycles. The van der Waals surface area contributed by atoms with Crippen molar-refractivity contribution in [1.82, 2.24) is 0 Å². The zero-order valence-corrected chi connectivity index (χ0v) is 18.0. The number of carbonyl (C=O) groups is 1. The van der Waals surface area contributed by atoms with Gasteiger partial charge in [0.15, 0.2) is 0 Å². The van der Waals surface area contributed by atoms with Gasteiger partial charge >= 0.3 is 5.97 Å². The van der Waals surface area contributed by atoms with Gasteiger partial charge in [-0.25, -0.2) is 0 Å². The van der Waals surface area contributed by atoms with E-state index in [4.69, 9.17) is 4.74 Å². The molecule has 0 spiro atoms. The molecule has 0 aromatic carbocycles. The fourth-order valence-corrected chi connectivity index (χ4v) is 3.59. The number of unbranched alkanes of at least 4 members (excludes halogenated alkanes) is 11. The summed E-state index contributed by atoms with van der Waals surface area (Å²) >= 11 is 0. The van der Waals surface area contributed by atoms with Crippen LogP contribution in [0.25, 0.3) is 0 Å². The molecule has 0 radical (unpaired) electrons. The minimum absolute atomic E-state index is 0.0141. The molecule has 0 rings (SSSR count). The van der Waals surface area contributed by atoms with Crippen LogP contribution in [0.2, 0.25) is 0 Å². The molecule has 0 amide bonds. The van der Waals surface area contributed by atoms with Crippen LogP contribution < -0.4 is 0 Å². The van der Waals surface area contributed by atoms with Gasteiger partial charge in [-0.05, 0) is 24.2 Å². The Morgan fingerprint density at radius 1 is 0.800 bits per heavy atom. The molecule has 0 heterocycles. The monoisotopic (exact) mass is 354 g/mol. The van der Waals surface area contributed by atoms with Crippen molar-refractivity contribution in [1.29, 1.82) is 0 Å². The molecule has 0 saturated heterocycles. The Morgan fingerprint density at radius 3 is 1.68 bits per heavy atom. The maximum Gasteiger partial charge on any atom is 0.306 e. The summed E-state index contributed by atoms with van der Waals surface area (Å²) in [6.45, 7) is 11.7. The van der Waals surface area contributed by atoms with Gasteiger partial charge in [0.05, 0.1) is 6.61 Å². The lowest BCUT2D eigenvalue weighted by molar-refractivity contribution is -0.144. The van der Waals surface area contributed by atoms with Crippen LogP contribution in [-0.2, 0) is 9.53 Å². The summed E-state index contributed by atoms with van der Waals surface area (Å²) in [5.41, 5.74) is 0.287. The van der Waals surface area contributed by atoms with Crippen LogP contribution in [0, 0.1) is 11.3 Å². The Morgan fingerprint density at radius 2 is 1.24 bits per heavy atom. The fourth-order valence-electron chi connectivity index (χ4n) is 3.59. The number of hydrogen-bond donors (Lipinski definition) is 0. The van der Waals surface area contributed by atoms with Crippen molar-refractivity contribution in [3.8, 4) is 0 Å². The lowest BCUT2D eigenvalue weighted by Crippen LogP contribution is -2.16. The third-order valence-corrected chi connectivity index (χ3v) is 4.74. The molecule has 0 bridgehead atoms. The smallest absolute Gasteiger partial charge is 0.306 e. The van der Waals surface area contributed by atoms with Crippen molar-refractivity contribution < 1.29 is 9.53 Å². The highest BCUT2D eigenvalue weighted by Crippen LogP contribution is 2.26. The van der Waals surface area contributed by atoms with E-state index in [1.54, 1.807) is 0 Å². The quantitative estimate of drug-likeness (QED) is 0.210. The van der Waals surface area contributed by atoms with Crippen LogP contribution in [0.1, 0.15) is 125 Å². The predicted octanol–water partition coefficient (Wildman–Crippen LogP) is 7.69. The summed E-state index contributed by atoms with van der Waals surface area (Å²) in [7, 11) is 0. The van der Waals surface area contributed by atoms with Crippen LogP contribution in [0.5, 0.6) is 0 Å². The van der Waals surface area contributed by atoms with Crippen molar-refractivity contribution >= 4 is 5.97 Å². The van der Waals surface area contributed by atoms with Gasteiger partial charge < -0.3 is 4.74 Å². The van der Waals surface area contributed by atoms with E-state index >= 15 is 0 Å². The van der Waals surface area contributed by atoms with Crippen LogP contribution >= 0.6 is 0 Å². The number of ether oxygens (including phenoxy) is 1. The molecule has 150 valence electrons. The average molecular weight is 355 g/mol. The highest BCUT2D eigenvalue weighted by molar-refractivity contribution is 5.69. The first-order chi connectivity index (χ1) is 11.8. The molecular weight excluding hydrogens is 308 g/mol. The molecule has 2 nitrogen and oxygen atoms in total. The highest BCUT2D eigenvalue weighted by atomic mass is 16.5. The van der Waals surface area contributed by atoms with Crippen LogP contribution in [0.4, 0.5) is 0 Å². The molecule has 0 aliphatic rings. The number of esters is 1. The standard InChI is InChI=1S/C23H46O2/c1-6-7-8-9-10-11-12-13-14-15-16-17-18-25-22(24)19-21(2)20-23(3,4)5/h21H,6-20H2,1-5H3. The zero-order valence-electron chi connectivity index (χ0n) is 18.0. The maximum absolute atomic E-state index is 11.8. The van der Waals surface area contributed by atoms with Crippen LogP contribution in [0.3, 0.4) is 0 Å². The van der Waals surface area contributed by atoms with Crippen molar-refractivity contribution in [2.24, 2.45) is 11.3 Å².